The molecule has 0 aromatic heterocycles. The van der Waals surface area contributed by atoms with Crippen LogP contribution in [0.4, 0.5) is 5.69 Å². The summed E-state index contributed by atoms with van der Waals surface area (Å²) in [5, 5.41) is 2.95. The Hall–Kier alpha value is -1.24. The summed E-state index contributed by atoms with van der Waals surface area (Å²) < 4.78 is 0. The van der Waals surface area contributed by atoms with Crippen LogP contribution in [0.1, 0.15) is 6.92 Å². The number of benzene rings is 1. The van der Waals surface area contributed by atoms with Crippen molar-refractivity contribution in [2.24, 2.45) is 0 Å². The number of rotatable bonds is 3. The molecule has 1 atom stereocenters. The van der Waals surface area contributed by atoms with Gasteiger partial charge >= 0.3 is 0 Å². The number of thioether (sulfide) groups is 1. The number of halogens is 2. The van der Waals surface area contributed by atoms with Crippen LogP contribution in [0.15, 0.2) is 18.2 Å². The Balaban J connectivity index is 2.02. The molecule has 3 amide bonds. The highest BCUT2D eigenvalue weighted by Gasteiger charge is 2.33. The Morgan fingerprint density at radius 2 is 2.10 bits per heavy atom. The zero-order valence-electron chi connectivity index (χ0n) is 11.1. The summed E-state index contributed by atoms with van der Waals surface area (Å²) in [6.45, 7) is 1.41. The van der Waals surface area contributed by atoms with Crippen LogP contribution >= 0.6 is 35.0 Å². The standard InChI is InChI=1S/C13H12Cl2N2O3S/c1-7-13(20)17(12(19)6-21-7)5-11(18)16-8-2-3-9(14)10(15)4-8/h2-4,7H,5-6H2,1H3,(H,16,18)/t7-/m1/s1. The molecular formula is C13H12Cl2N2O3S. The largest absolute Gasteiger partial charge is 0.324 e. The van der Waals surface area contributed by atoms with Crippen LogP contribution in [0, 0.1) is 0 Å². The second-order valence-electron chi connectivity index (χ2n) is 4.45. The predicted molar refractivity (Wildman–Crippen MR) is 83.7 cm³/mol. The van der Waals surface area contributed by atoms with Gasteiger partial charge in [-0.3, -0.25) is 19.3 Å². The lowest BCUT2D eigenvalue weighted by Gasteiger charge is -2.27. The molecule has 0 saturated carbocycles. The minimum Gasteiger partial charge on any atom is -0.324 e. The van der Waals surface area contributed by atoms with Gasteiger partial charge in [-0.1, -0.05) is 23.2 Å². The molecule has 8 heteroatoms. The summed E-state index contributed by atoms with van der Waals surface area (Å²) in [5.41, 5.74) is 0.453. The zero-order valence-corrected chi connectivity index (χ0v) is 13.4. The highest BCUT2D eigenvalue weighted by Crippen LogP contribution is 2.25. The summed E-state index contributed by atoms with van der Waals surface area (Å²) in [6.07, 6.45) is 0. The molecule has 1 N–H and O–H groups in total. The van der Waals surface area contributed by atoms with Crippen LogP contribution < -0.4 is 5.32 Å². The summed E-state index contributed by atoms with van der Waals surface area (Å²) in [6, 6.07) is 4.64. The van der Waals surface area contributed by atoms with Gasteiger partial charge in [0.05, 0.1) is 21.0 Å². The van der Waals surface area contributed by atoms with Gasteiger partial charge in [0.15, 0.2) is 0 Å². The maximum atomic E-state index is 11.9. The molecular weight excluding hydrogens is 335 g/mol. The highest BCUT2D eigenvalue weighted by atomic mass is 35.5. The second-order valence-corrected chi connectivity index (χ2v) is 6.59. The molecule has 1 fully saturated rings. The molecule has 1 aliphatic heterocycles. The smallest absolute Gasteiger partial charge is 0.244 e. The van der Waals surface area contributed by atoms with Crippen LogP contribution in [-0.4, -0.2) is 40.2 Å². The molecule has 112 valence electrons. The van der Waals surface area contributed by atoms with Crippen LogP contribution in [0.3, 0.4) is 0 Å². The van der Waals surface area contributed by atoms with Gasteiger partial charge in [0, 0.05) is 5.69 Å². The normalized spacial score (nSPS) is 18.8. The number of anilines is 1. The minimum absolute atomic E-state index is 0.201. The lowest BCUT2D eigenvalue weighted by Crippen LogP contribution is -2.49. The molecule has 1 aromatic carbocycles. The number of imide groups is 1. The van der Waals surface area contributed by atoms with Crippen molar-refractivity contribution in [2.45, 2.75) is 12.2 Å². The molecule has 0 bridgehead atoms. The van der Waals surface area contributed by atoms with Crippen molar-refractivity contribution in [3.8, 4) is 0 Å². The van der Waals surface area contributed by atoms with Gasteiger partial charge in [-0.2, -0.15) is 0 Å². The predicted octanol–water partition coefficient (Wildman–Crippen LogP) is 2.42. The first-order valence-electron chi connectivity index (χ1n) is 6.09. The zero-order chi connectivity index (χ0) is 15.6. The molecule has 5 nitrogen and oxygen atoms in total. The molecule has 1 saturated heterocycles. The maximum absolute atomic E-state index is 11.9. The van der Waals surface area contributed by atoms with Gasteiger partial charge in [-0.15, -0.1) is 11.8 Å². The number of amides is 3. The lowest BCUT2D eigenvalue weighted by atomic mass is 10.3. The van der Waals surface area contributed by atoms with E-state index in [1.807, 2.05) is 0 Å². The van der Waals surface area contributed by atoms with E-state index in [1.54, 1.807) is 19.1 Å². The van der Waals surface area contributed by atoms with E-state index in [0.717, 1.165) is 4.90 Å². The Morgan fingerprint density at radius 3 is 2.76 bits per heavy atom. The fourth-order valence-corrected chi connectivity index (χ4v) is 2.89. The number of nitrogens with one attached hydrogen (secondary N) is 1. The third-order valence-electron chi connectivity index (χ3n) is 2.88. The van der Waals surface area contributed by atoms with Crippen LogP contribution in [-0.2, 0) is 14.4 Å². The average Bonchev–Trinajstić information content (AvgIpc) is 2.43. The minimum atomic E-state index is -0.464. The first-order chi connectivity index (χ1) is 9.88. The molecule has 0 unspecified atom stereocenters. The van der Waals surface area contributed by atoms with Crippen molar-refractivity contribution < 1.29 is 14.4 Å². The van der Waals surface area contributed by atoms with Crippen LogP contribution in [0.25, 0.3) is 0 Å². The molecule has 1 heterocycles. The average molecular weight is 347 g/mol. The van der Waals surface area contributed by atoms with Crippen LogP contribution in [0.2, 0.25) is 10.0 Å². The number of nitrogens with zero attached hydrogens (tertiary/aromatic N) is 1. The van der Waals surface area contributed by atoms with E-state index in [9.17, 15) is 14.4 Å². The quantitative estimate of drug-likeness (QED) is 0.853. The van der Waals surface area contributed by atoms with Gasteiger partial charge < -0.3 is 5.32 Å². The fourth-order valence-electron chi connectivity index (χ4n) is 1.77. The Kier molecular flexibility index (Phi) is 5.13. The fraction of sp³-hybridized carbons (Fsp3) is 0.308. The van der Waals surface area contributed by atoms with Crippen molar-refractivity contribution in [2.75, 3.05) is 17.6 Å². The third-order valence-corrected chi connectivity index (χ3v) is 4.73. The van der Waals surface area contributed by atoms with Gasteiger partial charge in [-0.05, 0) is 25.1 Å². The van der Waals surface area contributed by atoms with E-state index in [0.29, 0.717) is 15.7 Å². The number of hydrogen-bond donors (Lipinski definition) is 1. The molecule has 1 aliphatic rings. The third kappa shape index (κ3) is 3.90. The van der Waals surface area contributed by atoms with Gasteiger partial charge in [0.1, 0.15) is 6.54 Å². The van der Waals surface area contributed by atoms with Crippen molar-refractivity contribution in [3.05, 3.63) is 28.2 Å². The van der Waals surface area contributed by atoms with Crippen molar-refractivity contribution in [1.82, 2.24) is 4.90 Å². The number of hydrogen-bond acceptors (Lipinski definition) is 4. The summed E-state index contributed by atoms with van der Waals surface area (Å²) in [4.78, 5) is 36.5. The summed E-state index contributed by atoms with van der Waals surface area (Å²) >= 11 is 12.9. The van der Waals surface area contributed by atoms with Crippen molar-refractivity contribution in [3.63, 3.8) is 0 Å². The highest BCUT2D eigenvalue weighted by molar-refractivity contribution is 8.01. The lowest BCUT2D eigenvalue weighted by molar-refractivity contribution is -0.145. The number of carbonyl (C=O) groups excluding carboxylic acids is 3. The molecule has 0 spiro atoms. The van der Waals surface area contributed by atoms with E-state index in [2.05, 4.69) is 5.32 Å². The van der Waals surface area contributed by atoms with E-state index < -0.39 is 5.91 Å². The SMILES string of the molecule is C[C@H]1SCC(=O)N(CC(=O)Nc2ccc(Cl)c(Cl)c2)C1=O. The monoisotopic (exact) mass is 346 g/mol. The van der Waals surface area contributed by atoms with Gasteiger partial charge in [0.2, 0.25) is 17.7 Å². The molecule has 0 radical (unpaired) electrons. The second kappa shape index (κ2) is 6.68. The summed E-state index contributed by atoms with van der Waals surface area (Å²) in [5.74, 6) is -0.963. The first kappa shape index (κ1) is 16.1. The molecule has 21 heavy (non-hydrogen) atoms. The van der Waals surface area contributed by atoms with E-state index in [-0.39, 0.29) is 29.4 Å². The topological polar surface area (TPSA) is 66.5 Å². The van der Waals surface area contributed by atoms with E-state index >= 15 is 0 Å². The Bertz CT molecular complexity index is 609. The molecule has 2 rings (SSSR count). The Morgan fingerprint density at radius 1 is 1.38 bits per heavy atom. The summed E-state index contributed by atoms with van der Waals surface area (Å²) in [7, 11) is 0. The van der Waals surface area contributed by atoms with Gasteiger partial charge in [0.25, 0.3) is 0 Å². The van der Waals surface area contributed by atoms with Gasteiger partial charge in [-0.25, -0.2) is 0 Å². The molecule has 1 aromatic rings. The van der Waals surface area contributed by atoms with Crippen molar-refractivity contribution in [1.29, 1.82) is 0 Å². The first-order valence-corrected chi connectivity index (χ1v) is 7.89. The van der Waals surface area contributed by atoms with Crippen molar-refractivity contribution >= 4 is 58.4 Å². The van der Waals surface area contributed by atoms with E-state index in [4.69, 9.17) is 23.2 Å². The van der Waals surface area contributed by atoms with Crippen LogP contribution in [0.5, 0.6) is 0 Å². The Labute approximate surface area is 136 Å². The number of carbonyl (C=O) groups is 3. The maximum Gasteiger partial charge on any atom is 0.244 e. The van der Waals surface area contributed by atoms with E-state index in [1.165, 1.54) is 17.8 Å². The molecule has 0 aliphatic carbocycles.